The molecule has 8 nitrogen and oxygen atoms in total. The summed E-state index contributed by atoms with van der Waals surface area (Å²) in [5.74, 6) is 2.36. The van der Waals surface area contributed by atoms with Gasteiger partial charge in [0.2, 0.25) is 0 Å². The predicted octanol–water partition coefficient (Wildman–Crippen LogP) is 2.66. The Kier molecular flexibility index (Phi) is 7.34. The molecule has 1 aliphatic rings. The van der Waals surface area contributed by atoms with Gasteiger partial charge in [-0.05, 0) is 46.7 Å². The van der Waals surface area contributed by atoms with Gasteiger partial charge in [0, 0.05) is 32.7 Å². The number of ether oxygens (including phenoxy) is 2. The number of rotatable bonds is 9. The summed E-state index contributed by atoms with van der Waals surface area (Å²) in [5.41, 5.74) is 2.37. The maximum atomic E-state index is 5.45. The van der Waals surface area contributed by atoms with E-state index in [-0.39, 0.29) is 6.04 Å². The lowest BCUT2D eigenvalue weighted by atomic mass is 10.0. The van der Waals surface area contributed by atoms with Crippen molar-refractivity contribution in [2.75, 3.05) is 46.9 Å². The van der Waals surface area contributed by atoms with Crippen LogP contribution in [-0.4, -0.2) is 77.0 Å². The fraction of sp³-hybridized carbons (Fsp3) is 0.458. The van der Waals surface area contributed by atoms with E-state index < -0.39 is 0 Å². The molecule has 0 aliphatic carbocycles. The molecular formula is C24H32N6O2. The summed E-state index contributed by atoms with van der Waals surface area (Å²) in [4.78, 5) is 4.98. The van der Waals surface area contributed by atoms with Crippen LogP contribution in [0.2, 0.25) is 0 Å². The highest BCUT2D eigenvalue weighted by Crippen LogP contribution is 2.29. The third kappa shape index (κ3) is 4.92. The van der Waals surface area contributed by atoms with Crippen molar-refractivity contribution in [2.24, 2.45) is 0 Å². The molecule has 0 radical (unpaired) electrons. The van der Waals surface area contributed by atoms with E-state index in [1.165, 1.54) is 5.56 Å². The largest absolute Gasteiger partial charge is 0.493 e. The Balaban J connectivity index is 1.56. The molecule has 4 rings (SSSR count). The van der Waals surface area contributed by atoms with Crippen LogP contribution in [-0.2, 0) is 13.0 Å². The second-order valence-electron chi connectivity index (χ2n) is 7.98. The first-order valence-corrected chi connectivity index (χ1v) is 11.2. The van der Waals surface area contributed by atoms with Gasteiger partial charge in [-0.15, -0.1) is 5.10 Å². The zero-order chi connectivity index (χ0) is 22.3. The van der Waals surface area contributed by atoms with E-state index in [9.17, 15) is 0 Å². The Labute approximate surface area is 189 Å². The maximum Gasteiger partial charge on any atom is 0.173 e. The number of tetrazole rings is 1. The topological polar surface area (TPSA) is 68.5 Å². The Morgan fingerprint density at radius 3 is 2.38 bits per heavy atom. The van der Waals surface area contributed by atoms with E-state index in [0.717, 1.165) is 62.0 Å². The first-order chi connectivity index (χ1) is 15.7. The molecule has 0 N–H and O–H groups in total. The summed E-state index contributed by atoms with van der Waals surface area (Å²) in [6, 6.07) is 16.6. The fourth-order valence-electron chi connectivity index (χ4n) is 4.33. The number of aryl methyl sites for hydroxylation is 2. The Hall–Kier alpha value is -2.97. The average Bonchev–Trinajstić information content (AvgIpc) is 3.31. The molecule has 2 heterocycles. The van der Waals surface area contributed by atoms with Gasteiger partial charge in [0.05, 0.1) is 20.3 Å². The third-order valence-corrected chi connectivity index (χ3v) is 6.20. The molecule has 1 saturated heterocycles. The lowest BCUT2D eigenvalue weighted by Gasteiger charge is -2.38. The molecule has 170 valence electrons. The minimum atomic E-state index is 0.0376. The van der Waals surface area contributed by atoms with Gasteiger partial charge < -0.3 is 14.4 Å². The van der Waals surface area contributed by atoms with Crippen LogP contribution < -0.4 is 9.47 Å². The lowest BCUT2D eigenvalue weighted by molar-refractivity contribution is 0.108. The van der Waals surface area contributed by atoms with Crippen LogP contribution in [0.15, 0.2) is 48.5 Å². The van der Waals surface area contributed by atoms with Crippen molar-refractivity contribution < 1.29 is 9.47 Å². The molecule has 0 amide bonds. The van der Waals surface area contributed by atoms with Gasteiger partial charge in [0.25, 0.3) is 0 Å². The van der Waals surface area contributed by atoms with Gasteiger partial charge in [-0.1, -0.05) is 43.3 Å². The minimum absolute atomic E-state index is 0.0376. The molecule has 0 spiro atoms. The second-order valence-corrected chi connectivity index (χ2v) is 7.98. The monoisotopic (exact) mass is 436 g/mol. The number of aromatic nitrogens is 4. The standard InChI is InChI=1S/C24H32N6O2/c1-4-28-14-16-29(17-15-28)23(20-8-6-5-7-9-20)24-25-26-27-30(24)13-12-19-10-11-21(31-2)22(18-19)32-3/h5-11,18,23H,4,12-17H2,1-3H3/t23-/m0/s1. The number of hydrogen-bond acceptors (Lipinski definition) is 7. The number of likely N-dealkylation sites (N-methyl/N-ethyl adjacent to an activating group) is 1. The van der Waals surface area contributed by atoms with Crippen molar-refractivity contribution in [3.8, 4) is 11.5 Å². The SMILES string of the molecule is CCN1CCN([C@@H](c2ccccc2)c2nnnn2CCc2ccc(OC)c(OC)c2)CC1. The van der Waals surface area contributed by atoms with Crippen LogP contribution in [0.4, 0.5) is 0 Å². The summed E-state index contributed by atoms with van der Waals surface area (Å²) >= 11 is 0. The molecule has 0 bridgehead atoms. The zero-order valence-corrected chi connectivity index (χ0v) is 19.1. The highest BCUT2D eigenvalue weighted by Gasteiger charge is 2.30. The number of hydrogen-bond donors (Lipinski definition) is 0. The molecule has 1 fully saturated rings. The molecule has 3 aromatic rings. The fourth-order valence-corrected chi connectivity index (χ4v) is 4.33. The van der Waals surface area contributed by atoms with E-state index in [0.29, 0.717) is 6.54 Å². The summed E-state index contributed by atoms with van der Waals surface area (Å²) in [6.45, 7) is 8.12. The number of benzene rings is 2. The van der Waals surface area contributed by atoms with Gasteiger partial charge in [0.1, 0.15) is 0 Å². The molecular weight excluding hydrogens is 404 g/mol. The van der Waals surface area contributed by atoms with Gasteiger partial charge >= 0.3 is 0 Å². The maximum absolute atomic E-state index is 5.45. The zero-order valence-electron chi connectivity index (χ0n) is 19.1. The highest BCUT2D eigenvalue weighted by molar-refractivity contribution is 5.42. The Bertz CT molecular complexity index is 985. The quantitative estimate of drug-likeness (QED) is 0.511. The van der Waals surface area contributed by atoms with Gasteiger partial charge in [0.15, 0.2) is 17.3 Å². The lowest BCUT2D eigenvalue weighted by Crippen LogP contribution is -2.48. The van der Waals surface area contributed by atoms with E-state index in [4.69, 9.17) is 9.47 Å². The van der Waals surface area contributed by atoms with Crippen LogP contribution in [0.1, 0.15) is 29.9 Å². The van der Waals surface area contributed by atoms with Crippen LogP contribution in [0, 0.1) is 0 Å². The highest BCUT2D eigenvalue weighted by atomic mass is 16.5. The van der Waals surface area contributed by atoms with Crippen molar-refractivity contribution in [3.05, 3.63) is 65.5 Å². The van der Waals surface area contributed by atoms with Gasteiger partial charge in [-0.3, -0.25) is 4.90 Å². The van der Waals surface area contributed by atoms with E-state index in [2.05, 4.69) is 68.6 Å². The normalized spacial score (nSPS) is 16.1. The minimum Gasteiger partial charge on any atom is -0.493 e. The molecule has 1 aliphatic heterocycles. The first kappa shape index (κ1) is 22.2. The molecule has 2 aromatic carbocycles. The Morgan fingerprint density at radius 1 is 0.938 bits per heavy atom. The Morgan fingerprint density at radius 2 is 1.69 bits per heavy atom. The summed E-state index contributed by atoms with van der Waals surface area (Å²) in [6.07, 6.45) is 0.795. The summed E-state index contributed by atoms with van der Waals surface area (Å²) in [5, 5.41) is 12.9. The smallest absolute Gasteiger partial charge is 0.173 e. The molecule has 0 unspecified atom stereocenters. The molecule has 0 saturated carbocycles. The van der Waals surface area contributed by atoms with E-state index in [1.54, 1.807) is 14.2 Å². The summed E-state index contributed by atoms with van der Waals surface area (Å²) in [7, 11) is 3.30. The first-order valence-electron chi connectivity index (χ1n) is 11.2. The molecule has 32 heavy (non-hydrogen) atoms. The van der Waals surface area contributed by atoms with Crippen molar-refractivity contribution in [1.82, 2.24) is 30.0 Å². The van der Waals surface area contributed by atoms with E-state index in [1.807, 2.05) is 16.8 Å². The van der Waals surface area contributed by atoms with Crippen molar-refractivity contribution in [3.63, 3.8) is 0 Å². The predicted molar refractivity (Wildman–Crippen MR) is 123 cm³/mol. The van der Waals surface area contributed by atoms with Crippen molar-refractivity contribution in [2.45, 2.75) is 25.9 Å². The summed E-state index contributed by atoms with van der Waals surface area (Å²) < 4.78 is 12.7. The number of piperazine rings is 1. The number of methoxy groups -OCH3 is 2. The van der Waals surface area contributed by atoms with Crippen molar-refractivity contribution in [1.29, 1.82) is 0 Å². The molecule has 1 aromatic heterocycles. The number of nitrogens with zero attached hydrogens (tertiary/aromatic N) is 6. The van der Waals surface area contributed by atoms with Crippen LogP contribution in [0.5, 0.6) is 11.5 Å². The van der Waals surface area contributed by atoms with Crippen LogP contribution >= 0.6 is 0 Å². The second kappa shape index (κ2) is 10.6. The molecule has 1 atom stereocenters. The average molecular weight is 437 g/mol. The van der Waals surface area contributed by atoms with Crippen molar-refractivity contribution >= 4 is 0 Å². The van der Waals surface area contributed by atoms with Crippen LogP contribution in [0.3, 0.4) is 0 Å². The van der Waals surface area contributed by atoms with Gasteiger partial charge in [-0.2, -0.15) is 0 Å². The third-order valence-electron chi connectivity index (χ3n) is 6.20. The molecule has 8 heteroatoms. The van der Waals surface area contributed by atoms with Crippen LogP contribution in [0.25, 0.3) is 0 Å². The van der Waals surface area contributed by atoms with E-state index >= 15 is 0 Å². The van der Waals surface area contributed by atoms with Gasteiger partial charge in [-0.25, -0.2) is 4.68 Å².